The summed E-state index contributed by atoms with van der Waals surface area (Å²) in [6.07, 6.45) is 0. The van der Waals surface area contributed by atoms with Crippen LogP contribution in [0.3, 0.4) is 0 Å². The normalized spacial score (nSPS) is 12.5. The Morgan fingerprint density at radius 3 is 0.986 bits per heavy atom. The molecule has 0 unspecified atom stereocenters. The van der Waals surface area contributed by atoms with Crippen molar-refractivity contribution < 1.29 is 0 Å². The third-order valence-electron chi connectivity index (χ3n) is 14.3. The summed E-state index contributed by atoms with van der Waals surface area (Å²) < 4.78 is 0. The van der Waals surface area contributed by atoms with Crippen LogP contribution in [0.25, 0.3) is 123 Å². The van der Waals surface area contributed by atoms with Gasteiger partial charge in [0.15, 0.2) is 11.6 Å². The van der Waals surface area contributed by atoms with E-state index in [1.807, 2.05) is 0 Å². The second-order valence-electron chi connectivity index (χ2n) is 19.0. The Labute approximate surface area is 413 Å². The quantitative estimate of drug-likeness (QED) is 0.152. The van der Waals surface area contributed by atoms with Crippen molar-refractivity contribution in [2.45, 2.75) is 19.3 Å². The van der Waals surface area contributed by atoms with Gasteiger partial charge in [-0.15, -0.1) is 0 Å². The van der Waals surface area contributed by atoms with E-state index in [-0.39, 0.29) is 5.41 Å². The van der Waals surface area contributed by atoms with E-state index in [0.29, 0.717) is 11.6 Å². The van der Waals surface area contributed by atoms with Crippen LogP contribution in [0.2, 0.25) is 0 Å². The molecule has 2 heterocycles. The van der Waals surface area contributed by atoms with Crippen LogP contribution in [0.5, 0.6) is 0 Å². The van der Waals surface area contributed by atoms with Gasteiger partial charge >= 0.3 is 0 Å². The SMILES string of the molecule is CC1(C)c2cc(-c3nc(-c4ccc(-c5cccc(-c6ccccc6)c5)cc4)nc4ccccc34)ccc2-c2ccc(-c3nc(-c4ccc(-c5cccc(-c6ccccc6)c5)cc4)nc4ccccc34)cc21. The van der Waals surface area contributed by atoms with E-state index in [0.717, 1.165) is 66.6 Å². The lowest BCUT2D eigenvalue weighted by molar-refractivity contribution is 0.661. The van der Waals surface area contributed by atoms with E-state index in [1.165, 1.54) is 55.6 Å². The molecule has 0 saturated heterocycles. The lowest BCUT2D eigenvalue weighted by Crippen LogP contribution is -2.15. The smallest absolute Gasteiger partial charge is 0.160 e. The second kappa shape index (κ2) is 17.1. The topological polar surface area (TPSA) is 51.6 Å². The van der Waals surface area contributed by atoms with Crippen molar-refractivity contribution in [2.24, 2.45) is 0 Å². The molecule has 2 aromatic heterocycles. The number of fused-ring (bicyclic) bond motifs is 5. The average Bonchev–Trinajstić information content (AvgIpc) is 3.67. The number of hydrogen-bond donors (Lipinski definition) is 0. The van der Waals surface area contributed by atoms with Crippen molar-refractivity contribution in [3.8, 4) is 101 Å². The Hall–Kier alpha value is -9.12. The maximum atomic E-state index is 5.35. The fourth-order valence-corrected chi connectivity index (χ4v) is 10.5. The van der Waals surface area contributed by atoms with Gasteiger partial charge in [0.1, 0.15) is 0 Å². The summed E-state index contributed by atoms with van der Waals surface area (Å²) in [5.74, 6) is 1.41. The number of rotatable bonds is 8. The molecule has 0 bridgehead atoms. The molecule has 0 radical (unpaired) electrons. The Kier molecular flexibility index (Phi) is 10.1. The lowest BCUT2D eigenvalue weighted by Gasteiger charge is -2.23. The van der Waals surface area contributed by atoms with Crippen LogP contribution in [0.4, 0.5) is 0 Å². The van der Waals surface area contributed by atoms with Crippen molar-refractivity contribution in [1.82, 2.24) is 19.9 Å². The molecular weight excluding hydrogens is 861 g/mol. The van der Waals surface area contributed by atoms with Gasteiger partial charge in [0, 0.05) is 38.4 Å². The van der Waals surface area contributed by atoms with Crippen LogP contribution in [-0.4, -0.2) is 19.9 Å². The Bertz CT molecular complexity index is 3730. The van der Waals surface area contributed by atoms with Crippen molar-refractivity contribution >= 4 is 21.8 Å². The number of nitrogens with zero attached hydrogens (tertiary/aromatic N) is 4. The highest BCUT2D eigenvalue weighted by Gasteiger charge is 2.36. The highest BCUT2D eigenvalue weighted by atomic mass is 14.9. The molecule has 0 N–H and O–H groups in total. The Morgan fingerprint density at radius 1 is 0.254 bits per heavy atom. The summed E-state index contributed by atoms with van der Waals surface area (Å²) in [6, 6.07) is 86.2. The fraction of sp³-hybridized carbons (Fsp3) is 0.0448. The molecular formula is C67H46N4. The molecule has 0 atom stereocenters. The summed E-state index contributed by atoms with van der Waals surface area (Å²) >= 11 is 0. The van der Waals surface area contributed by atoms with Gasteiger partial charge in [0.25, 0.3) is 0 Å². The maximum absolute atomic E-state index is 5.35. The Balaban J connectivity index is 0.826. The lowest BCUT2D eigenvalue weighted by atomic mass is 9.81. The second-order valence-corrected chi connectivity index (χ2v) is 19.0. The zero-order valence-electron chi connectivity index (χ0n) is 39.4. The van der Waals surface area contributed by atoms with Crippen LogP contribution in [-0.2, 0) is 5.41 Å². The van der Waals surface area contributed by atoms with Gasteiger partial charge in [0.05, 0.1) is 22.4 Å². The summed E-state index contributed by atoms with van der Waals surface area (Å²) in [5.41, 5.74) is 22.0. The largest absolute Gasteiger partial charge is 0.228 e. The molecule has 0 fully saturated rings. The van der Waals surface area contributed by atoms with Gasteiger partial charge in [0.2, 0.25) is 0 Å². The number of para-hydroxylation sites is 2. The van der Waals surface area contributed by atoms with Crippen molar-refractivity contribution in [3.63, 3.8) is 0 Å². The zero-order valence-corrected chi connectivity index (χ0v) is 39.4. The minimum atomic E-state index is -0.296. The van der Waals surface area contributed by atoms with E-state index in [4.69, 9.17) is 19.9 Å². The first-order valence-electron chi connectivity index (χ1n) is 24.3. The first kappa shape index (κ1) is 42.0. The highest BCUT2D eigenvalue weighted by Crippen LogP contribution is 2.51. The van der Waals surface area contributed by atoms with Gasteiger partial charge in [-0.05, 0) is 103 Å². The fourth-order valence-electron chi connectivity index (χ4n) is 10.5. The minimum Gasteiger partial charge on any atom is -0.228 e. The molecule has 0 spiro atoms. The standard InChI is InChI=1S/C67H46N4/c1-67(2)59-41-53(63-57-23-9-11-25-61(57)68-65(70-63)47-31-27-45(28-32-47)51-21-13-19-49(39-51)43-15-5-3-6-16-43)35-37-55(59)56-38-36-54(42-60(56)67)64-58-24-10-12-26-62(58)69-66(71-64)48-33-29-46(30-34-48)52-22-14-20-50(40-52)44-17-7-4-8-18-44/h3-42H,1-2H3. The first-order valence-corrected chi connectivity index (χ1v) is 24.3. The average molecular weight is 907 g/mol. The predicted octanol–water partition coefficient (Wildman–Crippen LogP) is 17.2. The predicted molar refractivity (Wildman–Crippen MR) is 294 cm³/mol. The van der Waals surface area contributed by atoms with Crippen molar-refractivity contribution in [2.75, 3.05) is 0 Å². The van der Waals surface area contributed by atoms with E-state index in [1.54, 1.807) is 0 Å². The summed E-state index contributed by atoms with van der Waals surface area (Å²) in [4.78, 5) is 20.9. The summed E-state index contributed by atoms with van der Waals surface area (Å²) in [6.45, 7) is 4.68. The van der Waals surface area contributed by atoms with Crippen molar-refractivity contribution in [3.05, 3.63) is 254 Å². The zero-order chi connectivity index (χ0) is 47.5. The van der Waals surface area contributed by atoms with Crippen molar-refractivity contribution in [1.29, 1.82) is 0 Å². The van der Waals surface area contributed by atoms with Gasteiger partial charge in [-0.3, -0.25) is 0 Å². The van der Waals surface area contributed by atoms with Crippen LogP contribution in [0, 0.1) is 0 Å². The molecule has 0 amide bonds. The molecule has 0 aliphatic heterocycles. The Morgan fingerprint density at radius 2 is 0.577 bits per heavy atom. The molecule has 13 rings (SSSR count). The van der Waals surface area contributed by atoms with Gasteiger partial charge in [-0.1, -0.05) is 220 Å². The minimum absolute atomic E-state index is 0.296. The molecule has 4 heteroatoms. The number of aromatic nitrogens is 4. The highest BCUT2D eigenvalue weighted by molar-refractivity contribution is 5.97. The number of hydrogen-bond acceptors (Lipinski definition) is 4. The van der Waals surface area contributed by atoms with E-state index in [9.17, 15) is 0 Å². The van der Waals surface area contributed by atoms with Crippen LogP contribution in [0.1, 0.15) is 25.0 Å². The molecule has 71 heavy (non-hydrogen) atoms. The molecule has 12 aromatic rings. The molecule has 0 saturated carbocycles. The summed E-state index contributed by atoms with van der Waals surface area (Å²) in [7, 11) is 0. The van der Waals surface area contributed by atoms with Crippen LogP contribution in [0.15, 0.2) is 243 Å². The number of benzene rings is 10. The van der Waals surface area contributed by atoms with Crippen LogP contribution < -0.4 is 0 Å². The monoisotopic (exact) mass is 906 g/mol. The molecule has 10 aromatic carbocycles. The van der Waals surface area contributed by atoms with E-state index in [2.05, 4.69) is 257 Å². The van der Waals surface area contributed by atoms with Crippen LogP contribution >= 0.6 is 0 Å². The van der Waals surface area contributed by atoms with Gasteiger partial charge < -0.3 is 0 Å². The molecule has 4 nitrogen and oxygen atoms in total. The maximum Gasteiger partial charge on any atom is 0.160 e. The molecule has 334 valence electrons. The van der Waals surface area contributed by atoms with E-state index < -0.39 is 0 Å². The molecule has 1 aliphatic carbocycles. The third kappa shape index (κ3) is 7.58. The van der Waals surface area contributed by atoms with E-state index >= 15 is 0 Å². The van der Waals surface area contributed by atoms with Gasteiger partial charge in [-0.25, -0.2) is 19.9 Å². The molecule has 1 aliphatic rings. The summed E-state index contributed by atoms with van der Waals surface area (Å²) in [5, 5.41) is 2.05. The first-order chi connectivity index (χ1) is 34.9. The third-order valence-corrected chi connectivity index (χ3v) is 14.3. The van der Waals surface area contributed by atoms with Gasteiger partial charge in [-0.2, -0.15) is 0 Å².